The van der Waals surface area contributed by atoms with Crippen LogP contribution in [0, 0.1) is 5.92 Å². The van der Waals surface area contributed by atoms with Gasteiger partial charge in [-0.2, -0.15) is 0 Å². The van der Waals surface area contributed by atoms with E-state index in [0.29, 0.717) is 11.8 Å². The molecule has 0 saturated heterocycles. The van der Waals surface area contributed by atoms with Gasteiger partial charge in [-0.1, -0.05) is 19.8 Å². The predicted octanol–water partition coefficient (Wildman–Crippen LogP) is 2.99. The molecule has 0 aromatic carbocycles. The van der Waals surface area contributed by atoms with Gasteiger partial charge < -0.3 is 9.73 Å². The van der Waals surface area contributed by atoms with Crippen LogP contribution in [-0.4, -0.2) is 11.9 Å². The summed E-state index contributed by atoms with van der Waals surface area (Å²) in [6.07, 6.45) is 9.54. The molecule has 2 atom stereocenters. The van der Waals surface area contributed by atoms with Crippen LogP contribution in [0.4, 0.5) is 0 Å². The number of rotatable bonds is 3. The molecule has 1 aromatic rings. The molecule has 1 amide bonds. The van der Waals surface area contributed by atoms with Gasteiger partial charge in [0, 0.05) is 12.1 Å². The smallest absolute Gasteiger partial charge is 0.244 e. The highest BCUT2D eigenvalue weighted by molar-refractivity contribution is 5.91. The van der Waals surface area contributed by atoms with Crippen molar-refractivity contribution in [1.82, 2.24) is 5.32 Å². The van der Waals surface area contributed by atoms with E-state index < -0.39 is 0 Å². The Bertz CT molecular complexity index is 381. The van der Waals surface area contributed by atoms with Gasteiger partial charge in [0.25, 0.3) is 0 Å². The third kappa shape index (κ3) is 3.77. The van der Waals surface area contributed by atoms with E-state index in [4.69, 9.17) is 4.42 Å². The van der Waals surface area contributed by atoms with Gasteiger partial charge in [0.15, 0.2) is 0 Å². The van der Waals surface area contributed by atoms with E-state index >= 15 is 0 Å². The summed E-state index contributed by atoms with van der Waals surface area (Å²) in [4.78, 5) is 11.7. The Morgan fingerprint density at radius 2 is 2.41 bits per heavy atom. The molecule has 2 unspecified atom stereocenters. The molecule has 0 spiro atoms. The van der Waals surface area contributed by atoms with E-state index in [1.807, 2.05) is 6.07 Å². The fourth-order valence-corrected chi connectivity index (χ4v) is 2.36. The van der Waals surface area contributed by atoms with E-state index in [1.165, 1.54) is 18.9 Å². The average Bonchev–Trinajstić information content (AvgIpc) is 2.79. The van der Waals surface area contributed by atoms with Crippen LogP contribution in [0.2, 0.25) is 0 Å². The molecule has 1 heterocycles. The zero-order valence-electron chi connectivity index (χ0n) is 10.2. The minimum absolute atomic E-state index is 0.0273. The monoisotopic (exact) mass is 233 g/mol. The van der Waals surface area contributed by atoms with Crippen molar-refractivity contribution in [1.29, 1.82) is 0 Å². The molecule has 0 bridgehead atoms. The molecular weight excluding hydrogens is 214 g/mol. The second-order valence-corrected chi connectivity index (χ2v) is 4.83. The Morgan fingerprint density at radius 1 is 1.53 bits per heavy atom. The zero-order valence-corrected chi connectivity index (χ0v) is 10.2. The van der Waals surface area contributed by atoms with Gasteiger partial charge >= 0.3 is 0 Å². The second kappa shape index (κ2) is 5.71. The lowest BCUT2D eigenvalue weighted by atomic mass is 9.87. The van der Waals surface area contributed by atoms with Crippen molar-refractivity contribution in [2.24, 2.45) is 5.92 Å². The van der Waals surface area contributed by atoms with E-state index in [-0.39, 0.29) is 5.91 Å². The maximum absolute atomic E-state index is 11.7. The number of carbonyl (C=O) groups is 1. The van der Waals surface area contributed by atoms with E-state index in [0.717, 1.165) is 18.8 Å². The Morgan fingerprint density at radius 3 is 3.12 bits per heavy atom. The molecule has 1 fully saturated rings. The molecule has 17 heavy (non-hydrogen) atoms. The fraction of sp³-hybridized carbons (Fsp3) is 0.500. The largest absolute Gasteiger partial charge is 0.465 e. The Labute approximate surface area is 102 Å². The Balaban J connectivity index is 1.80. The molecule has 1 aliphatic carbocycles. The van der Waals surface area contributed by atoms with Gasteiger partial charge in [-0.15, -0.1) is 0 Å². The molecule has 0 radical (unpaired) electrons. The molecule has 92 valence electrons. The lowest BCUT2D eigenvalue weighted by Crippen LogP contribution is -2.36. The van der Waals surface area contributed by atoms with Gasteiger partial charge in [-0.05, 0) is 37.0 Å². The minimum atomic E-state index is -0.0273. The van der Waals surface area contributed by atoms with Crippen LogP contribution >= 0.6 is 0 Å². The van der Waals surface area contributed by atoms with Crippen molar-refractivity contribution in [2.75, 3.05) is 0 Å². The van der Waals surface area contributed by atoms with Crippen molar-refractivity contribution < 1.29 is 9.21 Å². The van der Waals surface area contributed by atoms with Crippen LogP contribution in [0.25, 0.3) is 6.08 Å². The first-order chi connectivity index (χ1) is 8.24. The lowest BCUT2D eigenvalue weighted by Gasteiger charge is -2.26. The van der Waals surface area contributed by atoms with E-state index in [9.17, 15) is 4.79 Å². The molecule has 0 aliphatic heterocycles. The number of amides is 1. The fourth-order valence-electron chi connectivity index (χ4n) is 2.36. The summed E-state index contributed by atoms with van der Waals surface area (Å²) in [5.74, 6) is 1.40. The van der Waals surface area contributed by atoms with Crippen LogP contribution in [0.3, 0.4) is 0 Å². The second-order valence-electron chi connectivity index (χ2n) is 4.83. The first kappa shape index (κ1) is 12.0. The number of hydrogen-bond acceptors (Lipinski definition) is 2. The van der Waals surface area contributed by atoms with Crippen LogP contribution in [0.1, 0.15) is 38.4 Å². The minimum Gasteiger partial charge on any atom is -0.465 e. The first-order valence-corrected chi connectivity index (χ1v) is 6.26. The molecule has 1 aromatic heterocycles. The lowest BCUT2D eigenvalue weighted by molar-refractivity contribution is -0.117. The molecular formula is C14H19NO2. The van der Waals surface area contributed by atoms with Gasteiger partial charge in [0.05, 0.1) is 6.26 Å². The third-order valence-electron chi connectivity index (χ3n) is 3.22. The van der Waals surface area contributed by atoms with Crippen LogP contribution in [0.5, 0.6) is 0 Å². The van der Waals surface area contributed by atoms with E-state index in [1.54, 1.807) is 18.4 Å². The maximum atomic E-state index is 11.7. The Hall–Kier alpha value is -1.51. The SMILES string of the molecule is CC1CCCC(NC(=O)/C=C/c2ccco2)C1. The normalized spacial score (nSPS) is 25.0. The van der Waals surface area contributed by atoms with Crippen molar-refractivity contribution in [3.63, 3.8) is 0 Å². The Kier molecular flexibility index (Phi) is 4.02. The summed E-state index contributed by atoms with van der Waals surface area (Å²) in [7, 11) is 0. The summed E-state index contributed by atoms with van der Waals surface area (Å²) >= 11 is 0. The van der Waals surface area contributed by atoms with E-state index in [2.05, 4.69) is 12.2 Å². The van der Waals surface area contributed by atoms with Crippen molar-refractivity contribution in [3.05, 3.63) is 30.2 Å². The molecule has 3 nitrogen and oxygen atoms in total. The van der Waals surface area contributed by atoms with Crippen molar-refractivity contribution >= 4 is 12.0 Å². The first-order valence-electron chi connectivity index (χ1n) is 6.26. The predicted molar refractivity (Wildman–Crippen MR) is 67.3 cm³/mol. The summed E-state index contributed by atoms with van der Waals surface area (Å²) in [6.45, 7) is 2.25. The van der Waals surface area contributed by atoms with Crippen LogP contribution in [0.15, 0.2) is 28.9 Å². The summed E-state index contributed by atoms with van der Waals surface area (Å²) in [6, 6.07) is 3.97. The number of furan rings is 1. The maximum Gasteiger partial charge on any atom is 0.244 e. The van der Waals surface area contributed by atoms with Gasteiger partial charge in [-0.3, -0.25) is 4.79 Å². The van der Waals surface area contributed by atoms with Gasteiger partial charge in [0.1, 0.15) is 5.76 Å². The molecule has 1 saturated carbocycles. The summed E-state index contributed by atoms with van der Waals surface area (Å²) < 4.78 is 5.12. The average molecular weight is 233 g/mol. The quantitative estimate of drug-likeness (QED) is 0.815. The number of hydrogen-bond donors (Lipinski definition) is 1. The van der Waals surface area contributed by atoms with Gasteiger partial charge in [-0.25, -0.2) is 0 Å². The molecule has 2 rings (SSSR count). The zero-order chi connectivity index (χ0) is 12.1. The number of nitrogens with one attached hydrogen (secondary N) is 1. The number of carbonyl (C=O) groups excluding carboxylic acids is 1. The van der Waals surface area contributed by atoms with Crippen molar-refractivity contribution in [2.45, 2.75) is 38.6 Å². The molecule has 1 aliphatic rings. The summed E-state index contributed by atoms with van der Waals surface area (Å²) in [5.41, 5.74) is 0. The highest BCUT2D eigenvalue weighted by Gasteiger charge is 2.19. The third-order valence-corrected chi connectivity index (χ3v) is 3.22. The highest BCUT2D eigenvalue weighted by atomic mass is 16.3. The standard InChI is InChI=1S/C14H19NO2/c1-11-4-2-5-12(10-11)15-14(16)8-7-13-6-3-9-17-13/h3,6-9,11-12H,2,4-5,10H2,1H3,(H,15,16)/b8-7+. The van der Waals surface area contributed by atoms with Crippen molar-refractivity contribution in [3.8, 4) is 0 Å². The van der Waals surface area contributed by atoms with Gasteiger partial charge in [0.2, 0.25) is 5.91 Å². The molecule has 1 N–H and O–H groups in total. The van der Waals surface area contributed by atoms with Crippen LogP contribution < -0.4 is 5.32 Å². The molecule has 3 heteroatoms. The topological polar surface area (TPSA) is 42.2 Å². The highest BCUT2D eigenvalue weighted by Crippen LogP contribution is 2.23. The van der Waals surface area contributed by atoms with Crippen LogP contribution in [-0.2, 0) is 4.79 Å². The summed E-state index contributed by atoms with van der Waals surface area (Å²) in [5, 5.41) is 3.04.